The summed E-state index contributed by atoms with van der Waals surface area (Å²) in [6, 6.07) is 11.6. The first-order chi connectivity index (χ1) is 10.6. The Morgan fingerprint density at radius 2 is 1.64 bits per heavy atom. The predicted molar refractivity (Wildman–Crippen MR) is 80.5 cm³/mol. The Bertz CT molecular complexity index is 706. The van der Waals surface area contributed by atoms with Crippen LogP contribution in [0, 0.1) is 6.92 Å². The Hall–Kier alpha value is -2.82. The molecule has 114 valence electrons. The zero-order chi connectivity index (χ0) is 16.1. The van der Waals surface area contributed by atoms with Crippen LogP contribution < -0.4 is 9.47 Å². The number of methoxy groups -OCH3 is 2. The van der Waals surface area contributed by atoms with E-state index in [2.05, 4.69) is 4.74 Å². The molecular formula is C17H16O5. The lowest BCUT2D eigenvalue weighted by Crippen LogP contribution is -2.11. The van der Waals surface area contributed by atoms with Crippen molar-refractivity contribution in [3.8, 4) is 11.5 Å². The van der Waals surface area contributed by atoms with E-state index in [-0.39, 0.29) is 11.5 Å². The normalized spacial score (nSPS) is 9.95. The smallest absolute Gasteiger partial charge is 0.343 e. The third-order valence-electron chi connectivity index (χ3n) is 3.15. The molecule has 0 heterocycles. The summed E-state index contributed by atoms with van der Waals surface area (Å²) < 4.78 is 15.2. The number of carbonyl (C=O) groups excluding carboxylic acids is 2. The number of ether oxygens (including phenoxy) is 3. The van der Waals surface area contributed by atoms with E-state index in [0.717, 1.165) is 5.56 Å². The van der Waals surface area contributed by atoms with Crippen molar-refractivity contribution < 1.29 is 23.8 Å². The third kappa shape index (κ3) is 3.25. The largest absolute Gasteiger partial charge is 0.493 e. The van der Waals surface area contributed by atoms with Crippen molar-refractivity contribution in [2.75, 3.05) is 14.2 Å². The van der Waals surface area contributed by atoms with E-state index in [1.165, 1.54) is 32.4 Å². The maximum Gasteiger partial charge on any atom is 0.343 e. The minimum atomic E-state index is -0.491. The van der Waals surface area contributed by atoms with Crippen molar-refractivity contribution >= 4 is 11.9 Å². The Morgan fingerprint density at radius 3 is 2.27 bits per heavy atom. The second kappa shape index (κ2) is 6.76. The van der Waals surface area contributed by atoms with Gasteiger partial charge in [0.1, 0.15) is 0 Å². The molecule has 0 aliphatic rings. The number of carbonyl (C=O) groups is 2. The standard InChI is InChI=1S/C17H16O5/c1-11-6-4-5-7-13(11)17(19)22-14-9-8-12(16(18)21-3)10-15(14)20-2/h4-10H,1-3H3. The molecule has 0 aliphatic heterocycles. The summed E-state index contributed by atoms with van der Waals surface area (Å²) in [6.45, 7) is 1.83. The summed E-state index contributed by atoms with van der Waals surface area (Å²) in [4.78, 5) is 23.7. The lowest BCUT2D eigenvalue weighted by Gasteiger charge is -2.11. The van der Waals surface area contributed by atoms with Gasteiger partial charge in [0.25, 0.3) is 0 Å². The molecule has 0 radical (unpaired) electrons. The summed E-state index contributed by atoms with van der Waals surface area (Å²) in [5, 5.41) is 0. The van der Waals surface area contributed by atoms with E-state index in [0.29, 0.717) is 11.1 Å². The van der Waals surface area contributed by atoms with Gasteiger partial charge < -0.3 is 14.2 Å². The minimum absolute atomic E-state index is 0.239. The number of rotatable bonds is 4. The molecule has 0 atom stereocenters. The molecule has 0 bridgehead atoms. The summed E-state index contributed by atoms with van der Waals surface area (Å²) >= 11 is 0. The van der Waals surface area contributed by atoms with Crippen LogP contribution in [0.4, 0.5) is 0 Å². The van der Waals surface area contributed by atoms with Crippen LogP contribution in [0.1, 0.15) is 26.3 Å². The predicted octanol–water partition coefficient (Wildman–Crippen LogP) is 3.01. The summed E-state index contributed by atoms with van der Waals surface area (Å²) in [7, 11) is 2.72. The van der Waals surface area contributed by atoms with Gasteiger partial charge in [0.2, 0.25) is 0 Å². The van der Waals surface area contributed by atoms with E-state index in [4.69, 9.17) is 9.47 Å². The van der Waals surface area contributed by atoms with Gasteiger partial charge in [-0.2, -0.15) is 0 Å². The van der Waals surface area contributed by atoms with Crippen LogP contribution in [0.25, 0.3) is 0 Å². The van der Waals surface area contributed by atoms with Crippen LogP contribution in [0.15, 0.2) is 42.5 Å². The van der Waals surface area contributed by atoms with Crippen molar-refractivity contribution in [2.45, 2.75) is 6.92 Å². The molecule has 5 heteroatoms. The Morgan fingerprint density at radius 1 is 0.909 bits per heavy atom. The van der Waals surface area contributed by atoms with Crippen molar-refractivity contribution in [3.63, 3.8) is 0 Å². The average molecular weight is 300 g/mol. The lowest BCUT2D eigenvalue weighted by atomic mass is 10.1. The second-order valence-electron chi connectivity index (χ2n) is 4.56. The van der Waals surface area contributed by atoms with Gasteiger partial charge in [-0.05, 0) is 36.8 Å². The van der Waals surface area contributed by atoms with Crippen LogP contribution in [0.5, 0.6) is 11.5 Å². The second-order valence-corrected chi connectivity index (χ2v) is 4.56. The Balaban J connectivity index is 2.28. The molecule has 0 amide bonds. The Labute approximate surface area is 128 Å². The van der Waals surface area contributed by atoms with Crippen molar-refractivity contribution in [1.82, 2.24) is 0 Å². The zero-order valence-corrected chi connectivity index (χ0v) is 12.6. The van der Waals surface area contributed by atoms with Gasteiger partial charge in [0.15, 0.2) is 11.5 Å². The summed E-state index contributed by atoms with van der Waals surface area (Å²) in [6.07, 6.45) is 0. The van der Waals surface area contributed by atoms with Gasteiger partial charge in [-0.25, -0.2) is 9.59 Å². The number of esters is 2. The van der Waals surface area contributed by atoms with Crippen LogP contribution in [0.2, 0.25) is 0 Å². The summed E-state index contributed by atoms with van der Waals surface area (Å²) in [5.74, 6) is -0.453. The highest BCUT2D eigenvalue weighted by Crippen LogP contribution is 2.29. The molecule has 0 saturated carbocycles. The molecule has 0 saturated heterocycles. The van der Waals surface area contributed by atoms with Crippen LogP contribution >= 0.6 is 0 Å². The molecule has 2 aromatic rings. The topological polar surface area (TPSA) is 61.8 Å². The molecule has 0 unspecified atom stereocenters. The highest BCUT2D eigenvalue weighted by molar-refractivity contribution is 5.93. The zero-order valence-electron chi connectivity index (χ0n) is 12.6. The number of hydrogen-bond acceptors (Lipinski definition) is 5. The van der Waals surface area contributed by atoms with Gasteiger partial charge >= 0.3 is 11.9 Å². The van der Waals surface area contributed by atoms with Crippen LogP contribution in [-0.2, 0) is 4.74 Å². The van der Waals surface area contributed by atoms with Gasteiger partial charge in [0.05, 0.1) is 25.3 Å². The van der Waals surface area contributed by atoms with E-state index >= 15 is 0 Å². The van der Waals surface area contributed by atoms with Gasteiger partial charge in [-0.3, -0.25) is 0 Å². The van der Waals surface area contributed by atoms with E-state index in [1.807, 2.05) is 19.1 Å². The molecule has 0 fully saturated rings. The highest BCUT2D eigenvalue weighted by Gasteiger charge is 2.16. The maximum atomic E-state index is 12.2. The first-order valence-electron chi connectivity index (χ1n) is 6.61. The van der Waals surface area contributed by atoms with Crippen molar-refractivity contribution in [3.05, 3.63) is 59.2 Å². The molecule has 2 aromatic carbocycles. The van der Waals surface area contributed by atoms with Crippen molar-refractivity contribution in [2.24, 2.45) is 0 Å². The van der Waals surface area contributed by atoms with E-state index < -0.39 is 11.9 Å². The van der Waals surface area contributed by atoms with Gasteiger partial charge in [-0.15, -0.1) is 0 Å². The van der Waals surface area contributed by atoms with Crippen molar-refractivity contribution in [1.29, 1.82) is 0 Å². The molecule has 5 nitrogen and oxygen atoms in total. The lowest BCUT2D eigenvalue weighted by molar-refractivity contribution is 0.0600. The number of hydrogen-bond donors (Lipinski definition) is 0. The molecule has 0 aromatic heterocycles. The fourth-order valence-electron chi connectivity index (χ4n) is 1.95. The molecule has 0 N–H and O–H groups in total. The molecule has 22 heavy (non-hydrogen) atoms. The van der Waals surface area contributed by atoms with Crippen LogP contribution in [-0.4, -0.2) is 26.2 Å². The van der Waals surface area contributed by atoms with Gasteiger partial charge in [-0.1, -0.05) is 18.2 Å². The minimum Gasteiger partial charge on any atom is -0.493 e. The maximum absolute atomic E-state index is 12.2. The molecule has 0 aliphatic carbocycles. The molecule has 2 rings (SSSR count). The fraction of sp³-hybridized carbons (Fsp3) is 0.176. The third-order valence-corrected chi connectivity index (χ3v) is 3.15. The first-order valence-corrected chi connectivity index (χ1v) is 6.61. The fourth-order valence-corrected chi connectivity index (χ4v) is 1.95. The Kier molecular flexibility index (Phi) is 4.78. The number of aryl methyl sites for hydroxylation is 1. The molecular weight excluding hydrogens is 284 g/mol. The monoisotopic (exact) mass is 300 g/mol. The highest BCUT2D eigenvalue weighted by atomic mass is 16.6. The van der Waals surface area contributed by atoms with E-state index in [1.54, 1.807) is 12.1 Å². The quantitative estimate of drug-likeness (QED) is 0.641. The summed E-state index contributed by atoms with van der Waals surface area (Å²) in [5.41, 5.74) is 1.61. The number of benzene rings is 2. The molecule has 0 spiro atoms. The average Bonchev–Trinajstić information content (AvgIpc) is 2.54. The van der Waals surface area contributed by atoms with Crippen LogP contribution in [0.3, 0.4) is 0 Å². The first kappa shape index (κ1) is 15.6. The van der Waals surface area contributed by atoms with Gasteiger partial charge in [0, 0.05) is 0 Å². The SMILES string of the molecule is COC(=O)c1ccc(OC(=O)c2ccccc2C)c(OC)c1. The van der Waals surface area contributed by atoms with E-state index in [9.17, 15) is 9.59 Å².